The summed E-state index contributed by atoms with van der Waals surface area (Å²) in [5.41, 5.74) is -2.82. The van der Waals surface area contributed by atoms with Gasteiger partial charge >= 0.3 is 34.6 Å². The van der Waals surface area contributed by atoms with Gasteiger partial charge < -0.3 is 66.2 Å². The van der Waals surface area contributed by atoms with Crippen molar-refractivity contribution in [1.82, 2.24) is 18.3 Å². The molecule has 0 bridgehead atoms. The number of hydrogen-bond donors (Lipinski definition) is 5. The van der Waals surface area contributed by atoms with Gasteiger partial charge in [-0.2, -0.15) is 13.2 Å². The molecule has 20 rings (SSSR count). The Labute approximate surface area is 841 Å². The highest BCUT2D eigenvalue weighted by atomic mass is 79.9. The van der Waals surface area contributed by atoms with Crippen molar-refractivity contribution in [3.63, 3.8) is 0 Å². The number of aromatic nitrogens is 4. The first-order chi connectivity index (χ1) is 67.9. The molecule has 0 saturated carbocycles. The molecule has 142 heavy (non-hydrogen) atoms. The molecule has 0 unspecified atom stereocenters. The third-order valence-electron chi connectivity index (χ3n) is 22.1. The van der Waals surface area contributed by atoms with Crippen LogP contribution in [0.15, 0.2) is 380 Å². The minimum atomic E-state index is -4.60. The maximum Gasteiger partial charge on any atom is 0.416 e. The van der Waals surface area contributed by atoms with Gasteiger partial charge in [0.05, 0.1) is 66.5 Å². The van der Waals surface area contributed by atoms with Gasteiger partial charge in [0.25, 0.3) is 22.2 Å². The Bertz CT molecular complexity index is 9090. The van der Waals surface area contributed by atoms with Crippen molar-refractivity contribution in [3.05, 3.63) is 430 Å². The number of benzene rings is 12. The average Bonchev–Trinajstić information content (AvgIpc) is 0.745. The van der Waals surface area contributed by atoms with Crippen molar-refractivity contribution < 1.29 is 87.9 Å². The van der Waals surface area contributed by atoms with E-state index in [0.717, 1.165) is 35.7 Å². The smallest absolute Gasteiger partial charge is 0.416 e. The fraction of sp³-hybridized carbons (Fsp3) is 0.0583. The van der Waals surface area contributed by atoms with Gasteiger partial charge in [0.1, 0.15) is 76.0 Å². The number of halogens is 12. The number of aromatic carboxylic acids is 1. The number of hydrogen-bond acceptors (Lipinski definition) is 22. The summed E-state index contributed by atoms with van der Waals surface area (Å²) in [7, 11) is 1.53. The molecule has 0 amide bonds. The van der Waals surface area contributed by atoms with Crippen LogP contribution < -0.4 is 49.5 Å². The van der Waals surface area contributed by atoms with Crippen molar-refractivity contribution in [3.8, 4) is 28.7 Å². The molecule has 8 aromatic heterocycles. The SMILES string of the molecule is COc1cccc(Sc2c(O)c3c(=O)n(Cc4ccc(F)cc4)c4cc(Br)ccc4c3oc2=O)c1.O=C(O)c1cccc(Sc2c(O)c3c(=O)n(Cc4ccc(F)cc4)c4cc(Br)ccc4c3oc2=O)c1.O=c1oc2c(c(O)c1Sc1cccc(C(F)(F)F)c1)c(=O)n(Cc1ccc(F)cc1)c1cc(Br)ccc21.O=c1oc2c(c(O)c1Sc1ccccc1F)c(=O)n(Cc1ccc(F)cc1)c1cc(Br)ccc21. The lowest BCUT2D eigenvalue weighted by Gasteiger charge is -2.15. The normalized spacial score (nSPS) is 11.5. The third-order valence-corrected chi connectivity index (χ3v) is 28.3. The average molecular weight is 2260 g/mol. The summed E-state index contributed by atoms with van der Waals surface area (Å²) in [6, 6.07) is 65.7. The Hall–Kier alpha value is -14.5. The zero-order valence-corrected chi connectivity index (χ0v) is 81.8. The van der Waals surface area contributed by atoms with E-state index >= 15 is 0 Å². The summed E-state index contributed by atoms with van der Waals surface area (Å²) in [6.07, 6.45) is -4.60. The number of nitrogens with zero attached hydrogens (tertiary/aromatic N) is 4. The number of carboxylic acid groups (broad SMARTS) is 1. The van der Waals surface area contributed by atoms with Crippen molar-refractivity contribution in [2.45, 2.75) is 71.5 Å². The molecule has 12 aromatic carbocycles. The quantitative estimate of drug-likeness (QED) is 0.0393. The highest BCUT2D eigenvalue weighted by molar-refractivity contribution is 9.11. The standard InChI is InChI=1S/C26H14BrF4NO4S.C26H15BrFNO6S.C26H17BrFNO5S.C25H14BrF2NO4S/c27-15-6-9-18-19(11-15)32(12-13-4-7-16(28)8-5-13)24(34)20-21(33)23(25(35)36-22(18)20)37-17-3-1-2-14(10-17)26(29,30)31;27-15-6-9-18-19(11-15)29(12-13-4-7-16(28)8-5-13)24(31)20-21(30)23(26(34)35-22(18)20)36-17-3-1-2-14(10-17)25(32)33;1-33-17-3-2-4-18(12-17)35-24-22(30)21-23(34-26(24)32)19-10-7-15(27)11-20(19)29(25(21)31)13-14-5-8-16(28)9-6-14;26-14-7-10-16-18(11-14)29(12-13-5-8-15(27)9-6-13)24(31)20-21(30)23(25(32)33-22(16)20)34-19-4-2-1-3-17(19)28/h1-11,33H,12H2;1-11,30H,12H2,(H,32,33);2-12,30H,13H2,1H3;1-11,30H,12H2. The fourth-order valence-corrected chi connectivity index (χ4v) is 20.3. The second kappa shape index (κ2) is 41.4. The summed E-state index contributed by atoms with van der Waals surface area (Å²) < 4.78 is 143. The van der Waals surface area contributed by atoms with Gasteiger partial charge in [-0.3, -0.25) is 19.2 Å². The van der Waals surface area contributed by atoms with E-state index in [1.807, 2.05) is 0 Å². The molecule has 0 aliphatic heterocycles. The Morgan fingerprint density at radius 1 is 0.345 bits per heavy atom. The molecule has 0 spiro atoms. The molecule has 0 aliphatic rings. The summed E-state index contributed by atoms with van der Waals surface area (Å²) in [6.45, 7) is 0.287. The van der Waals surface area contributed by atoms with Gasteiger partial charge in [0.15, 0.2) is 45.3 Å². The molecule has 0 aliphatic carbocycles. The van der Waals surface area contributed by atoms with E-state index in [0.29, 0.717) is 123 Å². The topological polar surface area (TPSA) is 336 Å². The summed E-state index contributed by atoms with van der Waals surface area (Å²) >= 11 is 16.6. The molecule has 0 fully saturated rings. The van der Waals surface area contributed by atoms with E-state index in [1.54, 1.807) is 146 Å². The second-order valence-electron chi connectivity index (χ2n) is 31.2. The number of carbonyl (C=O) groups is 1. The number of carboxylic acids is 1. The number of fused-ring (bicyclic) bond motifs is 12. The molecule has 8 heterocycles. The van der Waals surface area contributed by atoms with Gasteiger partial charge in [-0.25, -0.2) is 45.9 Å². The van der Waals surface area contributed by atoms with Gasteiger partial charge in [-0.1, -0.05) is 190 Å². The van der Waals surface area contributed by atoms with Crippen LogP contribution in [-0.4, -0.2) is 56.9 Å². The summed E-state index contributed by atoms with van der Waals surface area (Å²) in [5.74, 6) is -5.08. The predicted molar refractivity (Wildman–Crippen MR) is 537 cm³/mol. The molecule has 0 atom stereocenters. The van der Waals surface area contributed by atoms with Crippen LogP contribution in [-0.2, 0) is 32.4 Å². The van der Waals surface area contributed by atoms with Crippen molar-refractivity contribution in [1.29, 1.82) is 0 Å². The van der Waals surface area contributed by atoms with Crippen molar-refractivity contribution in [2.75, 3.05) is 7.11 Å². The lowest BCUT2D eigenvalue weighted by atomic mass is 10.1. The lowest BCUT2D eigenvalue weighted by molar-refractivity contribution is -0.137. The third kappa shape index (κ3) is 20.7. The second-order valence-corrected chi connectivity index (χ2v) is 39.1. The summed E-state index contributed by atoms with van der Waals surface area (Å²) in [5, 5.41) is 54.5. The maximum absolute atomic E-state index is 14.2. The first kappa shape index (κ1) is 99.1. The molecule has 0 radical (unpaired) electrons. The van der Waals surface area contributed by atoms with Crippen LogP contribution in [0.3, 0.4) is 0 Å². The van der Waals surface area contributed by atoms with Crippen molar-refractivity contribution in [2.24, 2.45) is 0 Å². The predicted octanol–water partition coefficient (Wildman–Crippen LogP) is 24.5. The van der Waals surface area contributed by atoms with Gasteiger partial charge in [-0.05, 0) is 210 Å². The Morgan fingerprint density at radius 2 is 0.634 bits per heavy atom. The van der Waals surface area contributed by atoms with Crippen LogP contribution in [0.25, 0.3) is 87.5 Å². The van der Waals surface area contributed by atoms with E-state index in [-0.39, 0.29) is 106 Å². The number of ether oxygens (including phenoxy) is 1. The summed E-state index contributed by atoms with van der Waals surface area (Å²) in [4.78, 5) is 117. The molecule has 714 valence electrons. The number of methoxy groups -OCH3 is 1. The minimum absolute atomic E-state index is 0.00268. The largest absolute Gasteiger partial charge is 0.505 e. The molecule has 20 aromatic rings. The van der Waals surface area contributed by atoms with Gasteiger partial charge in [0.2, 0.25) is 0 Å². The Morgan fingerprint density at radius 3 is 0.937 bits per heavy atom. The van der Waals surface area contributed by atoms with Crippen LogP contribution in [0.2, 0.25) is 0 Å². The highest BCUT2D eigenvalue weighted by Crippen LogP contribution is 2.45. The van der Waals surface area contributed by atoms with E-state index < -0.39 is 114 Å². The first-order valence-corrected chi connectivity index (χ1v) is 48.0. The van der Waals surface area contributed by atoms with Gasteiger partial charge in [0, 0.05) is 59.0 Å². The molecular weight excluding hydrogens is 2200 g/mol. The van der Waals surface area contributed by atoms with Crippen LogP contribution in [0, 0.1) is 29.1 Å². The monoisotopic (exact) mass is 2250 g/mol. The van der Waals surface area contributed by atoms with Crippen molar-refractivity contribution >= 4 is 204 Å². The van der Waals surface area contributed by atoms with E-state index in [1.165, 1.54) is 135 Å². The number of alkyl halides is 3. The zero-order chi connectivity index (χ0) is 101. The van der Waals surface area contributed by atoms with Crippen LogP contribution in [0.1, 0.15) is 38.2 Å². The zero-order valence-electron chi connectivity index (χ0n) is 72.1. The maximum atomic E-state index is 14.2. The molecule has 5 N–H and O–H groups in total. The fourth-order valence-electron chi connectivity index (χ4n) is 15.4. The molecule has 0 saturated heterocycles. The number of pyridine rings is 4. The lowest BCUT2D eigenvalue weighted by Crippen LogP contribution is -2.23. The molecule has 39 heteroatoms. The van der Waals surface area contributed by atoms with Crippen LogP contribution in [0.5, 0.6) is 28.7 Å². The Balaban J connectivity index is 0.000000130. The van der Waals surface area contributed by atoms with E-state index in [2.05, 4.69) is 63.7 Å². The molecule has 23 nitrogen and oxygen atoms in total. The van der Waals surface area contributed by atoms with E-state index in [9.17, 15) is 104 Å². The number of rotatable bonds is 18. The minimum Gasteiger partial charge on any atom is -0.505 e. The van der Waals surface area contributed by atoms with Crippen LogP contribution >= 0.6 is 111 Å². The Kier molecular flexibility index (Phi) is 28.9. The number of aromatic hydroxyl groups is 4. The van der Waals surface area contributed by atoms with Gasteiger partial charge in [-0.15, -0.1) is 0 Å². The molecular formula is C103H60Br4F8N4O19S4. The highest BCUT2D eigenvalue weighted by Gasteiger charge is 2.33. The first-order valence-electron chi connectivity index (χ1n) is 41.6. The van der Waals surface area contributed by atoms with Crippen LogP contribution in [0.4, 0.5) is 35.1 Å². The van der Waals surface area contributed by atoms with E-state index in [4.69, 9.17) is 22.4 Å².